The van der Waals surface area contributed by atoms with Crippen LogP contribution in [0.15, 0.2) is 18.2 Å². The molecule has 2 aliphatic rings. The second-order valence-electron chi connectivity index (χ2n) is 8.54. The Morgan fingerprint density at radius 3 is 2.74 bits per heavy atom. The van der Waals surface area contributed by atoms with Crippen molar-refractivity contribution in [3.63, 3.8) is 0 Å². The van der Waals surface area contributed by atoms with Gasteiger partial charge in [0.25, 0.3) is 0 Å². The molecule has 1 fully saturated rings. The molecule has 2 N–H and O–H groups in total. The van der Waals surface area contributed by atoms with E-state index in [1.165, 1.54) is 6.07 Å². The molecule has 6 nitrogen and oxygen atoms in total. The van der Waals surface area contributed by atoms with Gasteiger partial charge in [-0.25, -0.2) is 9.18 Å². The van der Waals surface area contributed by atoms with Gasteiger partial charge in [-0.2, -0.15) is 0 Å². The van der Waals surface area contributed by atoms with E-state index in [2.05, 4.69) is 10.2 Å². The van der Waals surface area contributed by atoms with Crippen LogP contribution in [0.1, 0.15) is 39.2 Å². The van der Waals surface area contributed by atoms with Crippen molar-refractivity contribution in [2.45, 2.75) is 57.3 Å². The maximum Gasteiger partial charge on any atom is 0.407 e. The van der Waals surface area contributed by atoms with E-state index in [4.69, 9.17) is 9.47 Å². The predicted octanol–water partition coefficient (Wildman–Crippen LogP) is 2.48. The summed E-state index contributed by atoms with van der Waals surface area (Å²) < 4.78 is 24.8. The van der Waals surface area contributed by atoms with E-state index in [0.29, 0.717) is 6.54 Å². The van der Waals surface area contributed by atoms with Gasteiger partial charge < -0.3 is 24.8 Å². The number of fused-ring (bicyclic) bond motifs is 1. The minimum atomic E-state index is -0.574. The Morgan fingerprint density at radius 2 is 2.11 bits per heavy atom. The number of hydrogen-bond donors (Lipinski definition) is 2. The van der Waals surface area contributed by atoms with E-state index in [1.807, 2.05) is 0 Å². The van der Waals surface area contributed by atoms with Crippen LogP contribution in [0.5, 0.6) is 5.75 Å². The van der Waals surface area contributed by atoms with Crippen LogP contribution in [0.25, 0.3) is 0 Å². The van der Waals surface area contributed by atoms with Crippen molar-refractivity contribution in [2.24, 2.45) is 0 Å². The number of halogens is 1. The van der Waals surface area contributed by atoms with Crippen LogP contribution in [0.2, 0.25) is 0 Å². The van der Waals surface area contributed by atoms with Crippen molar-refractivity contribution in [2.75, 3.05) is 26.2 Å². The summed E-state index contributed by atoms with van der Waals surface area (Å²) >= 11 is 0. The molecule has 27 heavy (non-hydrogen) atoms. The number of ether oxygens (including phenoxy) is 2. The van der Waals surface area contributed by atoms with Crippen molar-refractivity contribution in [1.82, 2.24) is 10.2 Å². The fourth-order valence-corrected chi connectivity index (χ4v) is 3.76. The molecule has 2 heterocycles. The summed E-state index contributed by atoms with van der Waals surface area (Å²) in [5.41, 5.74) is 0.0961. The van der Waals surface area contributed by atoms with Crippen LogP contribution >= 0.6 is 0 Å². The molecule has 1 atom stereocenters. The van der Waals surface area contributed by atoms with Gasteiger partial charge in [-0.1, -0.05) is 0 Å². The Balaban J connectivity index is 1.50. The molecule has 0 radical (unpaired) electrons. The third-order valence-corrected chi connectivity index (χ3v) is 5.05. The molecule has 7 heteroatoms. The summed E-state index contributed by atoms with van der Waals surface area (Å²) in [6, 6.07) is 4.31. The first-order chi connectivity index (χ1) is 12.7. The topological polar surface area (TPSA) is 71.0 Å². The lowest BCUT2D eigenvalue weighted by molar-refractivity contribution is 0.0123. The van der Waals surface area contributed by atoms with Crippen LogP contribution in [0.4, 0.5) is 9.18 Å². The first-order valence-corrected chi connectivity index (χ1v) is 9.48. The summed E-state index contributed by atoms with van der Waals surface area (Å²) in [5, 5.41) is 12.3. The summed E-state index contributed by atoms with van der Waals surface area (Å²) in [7, 11) is 0. The average Bonchev–Trinajstić information content (AvgIpc) is 2.91. The Bertz CT molecular complexity index is 681. The molecular formula is C20H29FN2O4. The molecule has 1 aromatic carbocycles. The highest BCUT2D eigenvalue weighted by Gasteiger charge is 2.42. The lowest BCUT2D eigenvalue weighted by atomic mass is 9.87. The lowest BCUT2D eigenvalue weighted by Crippen LogP contribution is -2.52. The molecule has 2 aliphatic heterocycles. The Hall–Kier alpha value is -1.86. The van der Waals surface area contributed by atoms with Crippen molar-refractivity contribution < 1.29 is 23.8 Å². The fourth-order valence-electron chi connectivity index (χ4n) is 3.76. The third-order valence-electron chi connectivity index (χ3n) is 5.05. The van der Waals surface area contributed by atoms with Gasteiger partial charge in [0.2, 0.25) is 0 Å². The molecule has 0 unspecified atom stereocenters. The molecule has 0 aromatic heterocycles. The van der Waals surface area contributed by atoms with Crippen molar-refractivity contribution in [3.8, 4) is 5.75 Å². The molecule has 1 aromatic rings. The Labute approximate surface area is 159 Å². The second-order valence-corrected chi connectivity index (χ2v) is 8.54. The molecule has 1 spiro atoms. The fraction of sp³-hybridized carbons (Fsp3) is 0.650. The van der Waals surface area contributed by atoms with Crippen LogP contribution in [0.3, 0.4) is 0 Å². The SMILES string of the molecule is CC(C)(C)OC(=O)N[C@H](CO)CN1CCC2(CC1)Cc1cc(F)ccc1O2. The average molecular weight is 380 g/mol. The number of carbonyl (C=O) groups is 1. The monoisotopic (exact) mass is 380 g/mol. The smallest absolute Gasteiger partial charge is 0.407 e. The van der Waals surface area contributed by atoms with Gasteiger partial charge in [0, 0.05) is 44.5 Å². The number of nitrogens with zero attached hydrogens (tertiary/aromatic N) is 1. The number of rotatable bonds is 4. The largest absolute Gasteiger partial charge is 0.487 e. The van der Waals surface area contributed by atoms with Gasteiger partial charge in [0.05, 0.1) is 12.6 Å². The van der Waals surface area contributed by atoms with Crippen molar-refractivity contribution in [3.05, 3.63) is 29.6 Å². The standard InChI is InChI=1S/C20H29FN2O4/c1-19(2,3)27-18(25)22-16(13-24)12-23-8-6-20(7-9-23)11-14-10-15(21)4-5-17(14)26-20/h4-5,10,16,24H,6-9,11-13H2,1-3H3,(H,22,25)/t16-/m0/s1. The maximum atomic E-state index is 13.4. The minimum Gasteiger partial charge on any atom is -0.487 e. The minimum absolute atomic E-state index is 0.151. The highest BCUT2D eigenvalue weighted by Crippen LogP contribution is 2.41. The number of piperidine rings is 1. The van der Waals surface area contributed by atoms with Gasteiger partial charge in [-0.05, 0) is 39.0 Å². The normalized spacial score (nSPS) is 20.0. The van der Waals surface area contributed by atoms with Gasteiger partial charge in [0.1, 0.15) is 22.8 Å². The number of amides is 1. The molecule has 3 rings (SSSR count). The van der Waals surface area contributed by atoms with E-state index >= 15 is 0 Å². The zero-order chi connectivity index (χ0) is 19.7. The van der Waals surface area contributed by atoms with Crippen LogP contribution in [-0.2, 0) is 11.2 Å². The first-order valence-electron chi connectivity index (χ1n) is 9.48. The molecule has 0 saturated carbocycles. The van der Waals surface area contributed by atoms with Crippen LogP contribution in [0, 0.1) is 5.82 Å². The van der Waals surface area contributed by atoms with Crippen molar-refractivity contribution >= 4 is 6.09 Å². The summed E-state index contributed by atoms with van der Waals surface area (Å²) in [6.45, 7) is 7.39. The summed E-state index contributed by atoms with van der Waals surface area (Å²) in [4.78, 5) is 14.1. The van der Waals surface area contributed by atoms with E-state index in [-0.39, 0.29) is 24.1 Å². The Kier molecular flexibility index (Phi) is 5.63. The second kappa shape index (κ2) is 7.64. The maximum absolute atomic E-state index is 13.4. The van der Waals surface area contributed by atoms with Crippen molar-refractivity contribution in [1.29, 1.82) is 0 Å². The highest BCUT2D eigenvalue weighted by molar-refractivity contribution is 5.68. The predicted molar refractivity (Wildman–Crippen MR) is 99.4 cm³/mol. The van der Waals surface area contributed by atoms with E-state index in [1.54, 1.807) is 32.9 Å². The lowest BCUT2D eigenvalue weighted by Gasteiger charge is -2.39. The molecule has 0 bridgehead atoms. The highest BCUT2D eigenvalue weighted by atomic mass is 19.1. The van der Waals surface area contributed by atoms with Crippen LogP contribution < -0.4 is 10.1 Å². The van der Waals surface area contributed by atoms with Gasteiger partial charge in [0.15, 0.2) is 0 Å². The van der Waals surface area contributed by atoms with Gasteiger partial charge in [-0.3, -0.25) is 0 Å². The van der Waals surface area contributed by atoms with Gasteiger partial charge >= 0.3 is 6.09 Å². The molecule has 1 amide bonds. The number of nitrogens with one attached hydrogen (secondary N) is 1. The van der Waals surface area contributed by atoms with Crippen LogP contribution in [-0.4, -0.2) is 59.6 Å². The van der Waals surface area contributed by atoms with E-state index < -0.39 is 11.7 Å². The zero-order valence-electron chi connectivity index (χ0n) is 16.3. The number of carbonyl (C=O) groups excluding carboxylic acids is 1. The van der Waals surface area contributed by atoms with E-state index in [9.17, 15) is 14.3 Å². The number of aliphatic hydroxyl groups excluding tert-OH is 1. The zero-order valence-corrected chi connectivity index (χ0v) is 16.3. The Morgan fingerprint density at radius 1 is 1.41 bits per heavy atom. The molecular weight excluding hydrogens is 351 g/mol. The molecule has 0 aliphatic carbocycles. The number of benzene rings is 1. The summed E-state index contributed by atoms with van der Waals surface area (Å²) in [5.74, 6) is 0.551. The van der Waals surface area contributed by atoms with E-state index in [0.717, 1.165) is 43.7 Å². The first kappa shape index (κ1) is 19.9. The quantitative estimate of drug-likeness (QED) is 0.840. The molecule has 150 valence electrons. The number of alkyl carbamates (subject to hydrolysis) is 1. The summed E-state index contributed by atoms with van der Waals surface area (Å²) in [6.07, 6.45) is 1.86. The number of likely N-dealkylation sites (tertiary alicyclic amines) is 1. The number of hydrogen-bond acceptors (Lipinski definition) is 5. The van der Waals surface area contributed by atoms with Gasteiger partial charge in [-0.15, -0.1) is 0 Å². The third kappa shape index (κ3) is 5.11. The number of aliphatic hydroxyl groups is 1. The molecule has 1 saturated heterocycles.